The standard InChI is InChI=1S/C15H22N4O4/c20-14(3-4-15(21)22)18-13-2-1-12(11-17-13)16-5-6-19-7-9-23-10-8-19/h1-2,11,16H,3-10H2,(H,21,22)(H,17,18,20). The number of amides is 1. The van der Waals surface area contributed by atoms with Crippen LogP contribution in [0.2, 0.25) is 0 Å². The molecule has 8 nitrogen and oxygen atoms in total. The topological polar surface area (TPSA) is 104 Å². The summed E-state index contributed by atoms with van der Waals surface area (Å²) < 4.78 is 5.30. The van der Waals surface area contributed by atoms with Crippen LogP contribution >= 0.6 is 0 Å². The lowest BCUT2D eigenvalue weighted by atomic mass is 10.3. The summed E-state index contributed by atoms with van der Waals surface area (Å²) in [5.74, 6) is -0.931. The summed E-state index contributed by atoms with van der Waals surface area (Å²) in [7, 11) is 0. The molecular formula is C15H22N4O4. The van der Waals surface area contributed by atoms with Gasteiger partial charge in [-0.2, -0.15) is 0 Å². The van der Waals surface area contributed by atoms with Gasteiger partial charge < -0.3 is 20.5 Å². The van der Waals surface area contributed by atoms with E-state index in [0.717, 1.165) is 45.1 Å². The lowest BCUT2D eigenvalue weighted by molar-refractivity contribution is -0.138. The number of carboxylic acids is 1. The molecule has 1 saturated heterocycles. The fraction of sp³-hybridized carbons (Fsp3) is 0.533. The molecule has 1 aliphatic rings. The van der Waals surface area contributed by atoms with Crippen molar-refractivity contribution in [2.24, 2.45) is 0 Å². The van der Waals surface area contributed by atoms with Crippen molar-refractivity contribution in [2.45, 2.75) is 12.8 Å². The molecule has 0 aliphatic carbocycles. The molecule has 0 radical (unpaired) electrons. The number of carboxylic acid groups (broad SMARTS) is 1. The zero-order valence-corrected chi connectivity index (χ0v) is 13.0. The van der Waals surface area contributed by atoms with Gasteiger partial charge in [0.05, 0.1) is 31.5 Å². The Balaban J connectivity index is 1.69. The quantitative estimate of drug-likeness (QED) is 0.645. The minimum atomic E-state index is -0.993. The normalized spacial score (nSPS) is 15.1. The van der Waals surface area contributed by atoms with E-state index in [2.05, 4.69) is 20.5 Å². The molecule has 1 aromatic heterocycles. The largest absolute Gasteiger partial charge is 0.481 e. The van der Waals surface area contributed by atoms with Gasteiger partial charge >= 0.3 is 5.97 Å². The Hall–Kier alpha value is -2.19. The summed E-state index contributed by atoms with van der Waals surface area (Å²) in [6.45, 7) is 5.25. The minimum absolute atomic E-state index is 0.0590. The van der Waals surface area contributed by atoms with E-state index in [4.69, 9.17) is 9.84 Å². The lowest BCUT2D eigenvalue weighted by Crippen LogP contribution is -2.39. The second kappa shape index (κ2) is 9.06. The summed E-state index contributed by atoms with van der Waals surface area (Å²) in [4.78, 5) is 28.4. The molecule has 0 saturated carbocycles. The molecule has 1 fully saturated rings. The molecule has 0 spiro atoms. The third-order valence-corrected chi connectivity index (χ3v) is 3.46. The van der Waals surface area contributed by atoms with E-state index in [0.29, 0.717) is 5.82 Å². The summed E-state index contributed by atoms with van der Waals surface area (Å²) >= 11 is 0. The average Bonchev–Trinajstić information content (AvgIpc) is 2.56. The Morgan fingerprint density at radius 3 is 2.70 bits per heavy atom. The first-order chi connectivity index (χ1) is 11.1. The van der Waals surface area contributed by atoms with Crippen molar-refractivity contribution in [2.75, 3.05) is 50.0 Å². The number of morpholine rings is 1. The molecule has 8 heteroatoms. The lowest BCUT2D eigenvalue weighted by Gasteiger charge is -2.26. The second-order valence-electron chi connectivity index (χ2n) is 5.25. The number of nitrogens with one attached hydrogen (secondary N) is 2. The molecule has 3 N–H and O–H groups in total. The van der Waals surface area contributed by atoms with Crippen LogP contribution in [0.4, 0.5) is 11.5 Å². The highest BCUT2D eigenvalue weighted by Crippen LogP contribution is 2.10. The number of ether oxygens (including phenoxy) is 1. The summed E-state index contributed by atoms with van der Waals surface area (Å²) in [5, 5.41) is 14.4. The smallest absolute Gasteiger partial charge is 0.303 e. The monoisotopic (exact) mass is 322 g/mol. The average molecular weight is 322 g/mol. The Labute approximate surface area is 134 Å². The zero-order valence-electron chi connectivity index (χ0n) is 13.0. The number of carbonyl (C=O) groups excluding carboxylic acids is 1. The highest BCUT2D eigenvalue weighted by molar-refractivity contribution is 5.91. The maximum absolute atomic E-state index is 11.5. The van der Waals surface area contributed by atoms with Gasteiger partial charge in [-0.15, -0.1) is 0 Å². The molecule has 0 atom stereocenters. The maximum atomic E-state index is 11.5. The molecule has 1 aliphatic heterocycles. The number of anilines is 2. The van der Waals surface area contributed by atoms with Gasteiger partial charge in [-0.05, 0) is 12.1 Å². The van der Waals surface area contributed by atoms with E-state index in [1.165, 1.54) is 0 Å². The predicted molar refractivity (Wildman–Crippen MR) is 85.5 cm³/mol. The van der Waals surface area contributed by atoms with Gasteiger partial charge in [-0.25, -0.2) is 4.98 Å². The number of hydrogen-bond acceptors (Lipinski definition) is 6. The summed E-state index contributed by atoms with van der Waals surface area (Å²) in [6.07, 6.45) is 1.40. The van der Waals surface area contributed by atoms with E-state index >= 15 is 0 Å². The first-order valence-electron chi connectivity index (χ1n) is 7.65. The third-order valence-electron chi connectivity index (χ3n) is 3.46. The number of hydrogen-bond donors (Lipinski definition) is 3. The highest BCUT2D eigenvalue weighted by atomic mass is 16.5. The van der Waals surface area contributed by atoms with Crippen molar-refractivity contribution in [1.29, 1.82) is 0 Å². The second-order valence-corrected chi connectivity index (χ2v) is 5.25. The van der Waals surface area contributed by atoms with Crippen LogP contribution in [0.5, 0.6) is 0 Å². The molecule has 1 aromatic rings. The van der Waals surface area contributed by atoms with Crippen molar-refractivity contribution in [3.8, 4) is 0 Å². The first-order valence-corrected chi connectivity index (χ1v) is 7.65. The van der Waals surface area contributed by atoms with Crippen LogP contribution in [0.15, 0.2) is 18.3 Å². The van der Waals surface area contributed by atoms with Gasteiger partial charge in [0.1, 0.15) is 5.82 Å². The number of pyridine rings is 1. The minimum Gasteiger partial charge on any atom is -0.481 e. The molecule has 1 amide bonds. The number of aromatic nitrogens is 1. The van der Waals surface area contributed by atoms with E-state index in [-0.39, 0.29) is 18.7 Å². The molecule has 0 aromatic carbocycles. The number of carbonyl (C=O) groups is 2. The maximum Gasteiger partial charge on any atom is 0.303 e. The van der Waals surface area contributed by atoms with Crippen molar-refractivity contribution < 1.29 is 19.4 Å². The first kappa shape index (κ1) is 17.2. The highest BCUT2D eigenvalue weighted by Gasteiger charge is 2.09. The molecule has 0 bridgehead atoms. The number of rotatable bonds is 8. The van der Waals surface area contributed by atoms with E-state index in [1.807, 2.05) is 6.07 Å². The fourth-order valence-corrected chi connectivity index (χ4v) is 2.18. The van der Waals surface area contributed by atoms with Crippen molar-refractivity contribution in [3.63, 3.8) is 0 Å². The van der Waals surface area contributed by atoms with E-state index in [9.17, 15) is 9.59 Å². The number of nitrogens with zero attached hydrogens (tertiary/aromatic N) is 2. The summed E-state index contributed by atoms with van der Waals surface area (Å²) in [5.41, 5.74) is 0.877. The molecule has 2 heterocycles. The van der Waals surface area contributed by atoms with Crippen LogP contribution in [0.25, 0.3) is 0 Å². The van der Waals surface area contributed by atoms with Gasteiger partial charge in [0, 0.05) is 32.6 Å². The van der Waals surface area contributed by atoms with Gasteiger partial charge in [-0.3, -0.25) is 14.5 Å². The Kier molecular flexibility index (Phi) is 6.76. The van der Waals surface area contributed by atoms with Crippen LogP contribution in [0.3, 0.4) is 0 Å². The van der Waals surface area contributed by atoms with Crippen molar-refractivity contribution in [3.05, 3.63) is 18.3 Å². The Morgan fingerprint density at radius 2 is 2.04 bits per heavy atom. The molecular weight excluding hydrogens is 300 g/mol. The van der Waals surface area contributed by atoms with Crippen LogP contribution in [-0.4, -0.2) is 66.3 Å². The Morgan fingerprint density at radius 1 is 1.26 bits per heavy atom. The SMILES string of the molecule is O=C(O)CCC(=O)Nc1ccc(NCCN2CCOCC2)cn1. The molecule has 2 rings (SSSR count). The molecule has 23 heavy (non-hydrogen) atoms. The molecule has 0 unspecified atom stereocenters. The van der Waals surface area contributed by atoms with Crippen LogP contribution in [0.1, 0.15) is 12.8 Å². The van der Waals surface area contributed by atoms with Crippen molar-refractivity contribution in [1.82, 2.24) is 9.88 Å². The van der Waals surface area contributed by atoms with Gasteiger partial charge in [0.2, 0.25) is 5.91 Å². The van der Waals surface area contributed by atoms with Crippen LogP contribution in [-0.2, 0) is 14.3 Å². The summed E-state index contributed by atoms with van der Waals surface area (Å²) in [6, 6.07) is 3.52. The van der Waals surface area contributed by atoms with E-state index < -0.39 is 5.97 Å². The predicted octanol–water partition coefficient (Wildman–Crippen LogP) is 0.629. The zero-order chi connectivity index (χ0) is 16.5. The van der Waals surface area contributed by atoms with Crippen LogP contribution in [0, 0.1) is 0 Å². The van der Waals surface area contributed by atoms with Crippen molar-refractivity contribution >= 4 is 23.4 Å². The van der Waals surface area contributed by atoms with Gasteiger partial charge in [-0.1, -0.05) is 0 Å². The molecule has 126 valence electrons. The Bertz CT molecular complexity index is 515. The van der Waals surface area contributed by atoms with Crippen LogP contribution < -0.4 is 10.6 Å². The van der Waals surface area contributed by atoms with E-state index in [1.54, 1.807) is 12.3 Å². The van der Waals surface area contributed by atoms with Gasteiger partial charge in [0.25, 0.3) is 0 Å². The number of aliphatic carboxylic acids is 1. The third kappa shape index (κ3) is 6.62. The fourth-order valence-electron chi connectivity index (χ4n) is 2.18. The van der Waals surface area contributed by atoms with Gasteiger partial charge in [0.15, 0.2) is 0 Å².